The number of ether oxygens (including phenoxy) is 2. The van der Waals surface area contributed by atoms with Gasteiger partial charge in [0.2, 0.25) is 15.9 Å². The number of hydrogen-bond donors (Lipinski definition) is 4. The van der Waals surface area contributed by atoms with Crippen molar-refractivity contribution in [3.8, 4) is 0 Å². The second kappa shape index (κ2) is 18.2. The minimum atomic E-state index is -3.98. The highest BCUT2D eigenvalue weighted by Gasteiger charge is 2.38. The Morgan fingerprint density at radius 2 is 1.42 bits per heavy atom. The number of rotatable bonds is 15. The third-order valence-corrected chi connectivity index (χ3v) is 12.2. The van der Waals surface area contributed by atoms with Crippen molar-refractivity contribution >= 4 is 33.7 Å². The lowest BCUT2D eigenvalue weighted by molar-refractivity contribution is -0.268. The number of benzene rings is 5. The number of hydrogen-bond acceptors (Lipinski definition) is 8. The quantitative estimate of drug-likeness (QED) is 0.0826. The van der Waals surface area contributed by atoms with Gasteiger partial charge in [0.1, 0.15) is 6.04 Å². The van der Waals surface area contributed by atoms with Gasteiger partial charge in [0.05, 0.1) is 29.3 Å². The van der Waals surface area contributed by atoms with Crippen LogP contribution in [0.5, 0.6) is 0 Å². The van der Waals surface area contributed by atoms with Gasteiger partial charge in [-0.05, 0) is 59.9 Å². The van der Waals surface area contributed by atoms with Gasteiger partial charge in [-0.1, -0.05) is 116 Å². The maximum Gasteiger partial charge on any atom is 0.336 e. The molecular weight excluding hydrogens is 737 g/mol. The SMILES string of the molecule is Cc1ccc(S(=O)(=O)N[C@H](Cc2ccccc2)C(=O)NCc2ccc([C@H]3O[C@@H](CSc4ccccc4C(=O)O)[C@@H](C)[C@@H](c4ccc(CO)cc4)O3)cc2)cc1. The third kappa shape index (κ3) is 10.3. The number of aromatic carboxylic acids is 1. The lowest BCUT2D eigenvalue weighted by atomic mass is 9.91. The number of carbonyl (C=O) groups excluding carboxylic acids is 1. The molecule has 0 bridgehead atoms. The Morgan fingerprint density at radius 3 is 2.09 bits per heavy atom. The molecule has 0 spiro atoms. The molecule has 0 saturated carbocycles. The summed E-state index contributed by atoms with van der Waals surface area (Å²) in [6.45, 7) is 4.00. The fraction of sp³-hybridized carbons (Fsp3) is 0.256. The fourth-order valence-corrected chi connectivity index (χ4v) is 8.77. The predicted octanol–water partition coefficient (Wildman–Crippen LogP) is 6.98. The Kier molecular flexibility index (Phi) is 13.2. The summed E-state index contributed by atoms with van der Waals surface area (Å²) in [5, 5.41) is 22.2. The first-order valence-electron chi connectivity index (χ1n) is 18.0. The summed E-state index contributed by atoms with van der Waals surface area (Å²) in [5.41, 5.74) is 5.23. The van der Waals surface area contributed by atoms with E-state index in [0.717, 1.165) is 33.4 Å². The maximum atomic E-state index is 13.6. The number of aryl methyl sites for hydroxylation is 1. The number of thioether (sulfide) groups is 1. The average molecular weight is 781 g/mol. The van der Waals surface area contributed by atoms with E-state index >= 15 is 0 Å². The fourth-order valence-electron chi connectivity index (χ4n) is 6.37. The Balaban J connectivity index is 1.16. The van der Waals surface area contributed by atoms with Crippen molar-refractivity contribution in [3.05, 3.63) is 166 Å². The van der Waals surface area contributed by atoms with Crippen molar-refractivity contribution in [2.45, 2.75) is 67.8 Å². The molecule has 4 N–H and O–H groups in total. The molecule has 0 radical (unpaired) electrons. The first-order chi connectivity index (χ1) is 26.5. The first-order valence-corrected chi connectivity index (χ1v) is 20.4. The van der Waals surface area contributed by atoms with E-state index in [4.69, 9.17) is 9.47 Å². The number of amides is 1. The molecule has 286 valence electrons. The summed E-state index contributed by atoms with van der Waals surface area (Å²) in [6, 6.07) is 36.6. The molecule has 5 atom stereocenters. The van der Waals surface area contributed by atoms with Gasteiger partial charge in [-0.25, -0.2) is 13.2 Å². The highest BCUT2D eigenvalue weighted by atomic mass is 32.2. The zero-order chi connectivity index (χ0) is 39.0. The number of aliphatic hydroxyl groups is 1. The third-order valence-electron chi connectivity index (χ3n) is 9.59. The second-order valence-electron chi connectivity index (χ2n) is 13.6. The van der Waals surface area contributed by atoms with E-state index in [1.54, 1.807) is 30.3 Å². The topological polar surface area (TPSA) is 151 Å². The summed E-state index contributed by atoms with van der Waals surface area (Å²) in [4.78, 5) is 26.2. The van der Waals surface area contributed by atoms with Crippen LogP contribution >= 0.6 is 11.8 Å². The second-order valence-corrected chi connectivity index (χ2v) is 16.3. The molecule has 1 aliphatic heterocycles. The highest BCUT2D eigenvalue weighted by molar-refractivity contribution is 7.99. The molecule has 1 amide bonds. The van der Waals surface area contributed by atoms with Crippen molar-refractivity contribution < 1.29 is 37.7 Å². The van der Waals surface area contributed by atoms with Crippen LogP contribution < -0.4 is 10.0 Å². The van der Waals surface area contributed by atoms with E-state index in [0.29, 0.717) is 10.6 Å². The number of carboxylic acids is 1. The minimum Gasteiger partial charge on any atom is -0.478 e. The van der Waals surface area contributed by atoms with E-state index in [9.17, 15) is 28.2 Å². The molecule has 10 nitrogen and oxygen atoms in total. The van der Waals surface area contributed by atoms with Gasteiger partial charge in [-0.3, -0.25) is 4.79 Å². The number of sulfonamides is 1. The van der Waals surface area contributed by atoms with Crippen molar-refractivity contribution in [2.75, 3.05) is 5.75 Å². The maximum absolute atomic E-state index is 13.6. The van der Waals surface area contributed by atoms with E-state index in [1.807, 2.05) is 98.8 Å². The molecule has 1 aliphatic rings. The standard InChI is InChI=1S/C43H44N2O8S2/c1-28-12-22-35(23-13-28)55(50,51)45-37(24-30-8-4-3-5-9-30)41(47)44-25-31-14-20-34(21-15-31)43-52-38(27-54-39-11-7-6-10-36(39)42(48)49)29(2)40(53-43)33-18-16-32(26-46)17-19-33/h3-23,29,37-38,40,43,45-46H,24-27H2,1-2H3,(H,44,47)(H,48,49)/t29-,37-,38+,40+,43+/m1/s1. The molecule has 0 unspecified atom stereocenters. The molecule has 5 aromatic carbocycles. The Labute approximate surface area is 326 Å². The molecule has 1 saturated heterocycles. The normalized spacial score (nSPS) is 19.0. The molecule has 0 aliphatic carbocycles. The van der Waals surface area contributed by atoms with Crippen LogP contribution in [-0.2, 0) is 43.9 Å². The van der Waals surface area contributed by atoms with Crippen LogP contribution in [0.2, 0.25) is 0 Å². The number of carbonyl (C=O) groups is 2. The predicted molar refractivity (Wildman–Crippen MR) is 211 cm³/mol. The van der Waals surface area contributed by atoms with Crippen LogP contribution in [-0.4, -0.2) is 48.4 Å². The van der Waals surface area contributed by atoms with Gasteiger partial charge in [0, 0.05) is 28.7 Å². The van der Waals surface area contributed by atoms with E-state index < -0.39 is 34.2 Å². The monoisotopic (exact) mass is 780 g/mol. The zero-order valence-corrected chi connectivity index (χ0v) is 32.1. The van der Waals surface area contributed by atoms with Crippen LogP contribution in [0.3, 0.4) is 0 Å². The average Bonchev–Trinajstić information content (AvgIpc) is 3.20. The zero-order valence-electron chi connectivity index (χ0n) is 30.5. The molecule has 55 heavy (non-hydrogen) atoms. The largest absolute Gasteiger partial charge is 0.478 e. The Hall–Kier alpha value is -4.82. The smallest absolute Gasteiger partial charge is 0.336 e. The highest BCUT2D eigenvalue weighted by Crippen LogP contribution is 2.43. The van der Waals surface area contributed by atoms with E-state index in [2.05, 4.69) is 10.0 Å². The molecule has 1 fully saturated rings. The molecule has 6 rings (SSSR count). The van der Waals surface area contributed by atoms with Gasteiger partial charge in [0.15, 0.2) is 6.29 Å². The lowest BCUT2D eigenvalue weighted by Crippen LogP contribution is -2.47. The van der Waals surface area contributed by atoms with Crippen LogP contribution in [0.4, 0.5) is 0 Å². The Bertz CT molecular complexity index is 2160. The first kappa shape index (κ1) is 39.9. The molecule has 1 heterocycles. The van der Waals surface area contributed by atoms with Gasteiger partial charge < -0.3 is 25.0 Å². The van der Waals surface area contributed by atoms with Crippen molar-refractivity contribution in [1.82, 2.24) is 10.0 Å². The van der Waals surface area contributed by atoms with Crippen LogP contribution in [0.25, 0.3) is 0 Å². The molecular formula is C43H44N2O8S2. The van der Waals surface area contributed by atoms with E-state index in [-0.39, 0.29) is 48.2 Å². The molecule has 0 aromatic heterocycles. The van der Waals surface area contributed by atoms with E-state index in [1.165, 1.54) is 23.9 Å². The molecule has 12 heteroatoms. The summed E-state index contributed by atoms with van der Waals surface area (Å²) in [7, 11) is -3.98. The van der Waals surface area contributed by atoms with Crippen molar-refractivity contribution in [1.29, 1.82) is 0 Å². The lowest BCUT2D eigenvalue weighted by Gasteiger charge is -2.41. The molecule has 5 aromatic rings. The van der Waals surface area contributed by atoms with Gasteiger partial charge in [0.25, 0.3) is 0 Å². The number of aliphatic hydroxyl groups excluding tert-OH is 1. The summed E-state index contributed by atoms with van der Waals surface area (Å²) in [5.74, 6) is -1.06. The number of nitrogens with one attached hydrogen (secondary N) is 2. The van der Waals surface area contributed by atoms with Crippen LogP contribution in [0.15, 0.2) is 137 Å². The summed E-state index contributed by atoms with van der Waals surface area (Å²) in [6.07, 6.45) is -1.24. The Morgan fingerprint density at radius 1 is 0.782 bits per heavy atom. The van der Waals surface area contributed by atoms with Crippen LogP contribution in [0.1, 0.15) is 63.1 Å². The summed E-state index contributed by atoms with van der Waals surface area (Å²) >= 11 is 1.43. The minimum absolute atomic E-state index is 0.0706. The van der Waals surface area contributed by atoms with Gasteiger partial charge >= 0.3 is 5.97 Å². The number of carboxylic acid groups (broad SMARTS) is 1. The van der Waals surface area contributed by atoms with Gasteiger partial charge in [-0.15, -0.1) is 11.8 Å². The summed E-state index contributed by atoms with van der Waals surface area (Å²) < 4.78 is 42.3. The van der Waals surface area contributed by atoms with Gasteiger partial charge in [-0.2, -0.15) is 4.72 Å². The van der Waals surface area contributed by atoms with Crippen molar-refractivity contribution in [2.24, 2.45) is 5.92 Å². The van der Waals surface area contributed by atoms with Crippen LogP contribution in [0, 0.1) is 12.8 Å². The van der Waals surface area contributed by atoms with Crippen molar-refractivity contribution in [3.63, 3.8) is 0 Å².